The number of nitrogens with one attached hydrogen (secondary N) is 1. The van der Waals surface area contributed by atoms with E-state index in [9.17, 15) is 9.59 Å². The van der Waals surface area contributed by atoms with Crippen molar-refractivity contribution in [3.8, 4) is 0 Å². The number of para-hydroxylation sites is 1. The van der Waals surface area contributed by atoms with Gasteiger partial charge in [0, 0.05) is 32.5 Å². The van der Waals surface area contributed by atoms with E-state index in [1.165, 1.54) is 17.2 Å². The Morgan fingerprint density at radius 3 is 2.52 bits per heavy atom. The molecule has 1 N–H and O–H groups in total. The van der Waals surface area contributed by atoms with E-state index < -0.39 is 0 Å². The number of benzene rings is 1. The summed E-state index contributed by atoms with van der Waals surface area (Å²) in [5.41, 5.74) is 3.44. The third kappa shape index (κ3) is 2.91. The van der Waals surface area contributed by atoms with E-state index in [-0.39, 0.29) is 11.2 Å². The monoisotopic (exact) mass is 287 g/mol. The normalized spacial score (nSPS) is 10.7. The second kappa shape index (κ2) is 5.99. The third-order valence-corrected chi connectivity index (χ3v) is 3.71. The fourth-order valence-corrected chi connectivity index (χ4v) is 2.46. The summed E-state index contributed by atoms with van der Waals surface area (Å²) in [4.78, 5) is 23.8. The Bertz CT molecular complexity index is 772. The van der Waals surface area contributed by atoms with Crippen LogP contribution in [0.5, 0.6) is 0 Å². The summed E-state index contributed by atoms with van der Waals surface area (Å²) in [5.74, 6) is 0. The highest BCUT2D eigenvalue weighted by Crippen LogP contribution is 2.21. The summed E-state index contributed by atoms with van der Waals surface area (Å²) in [7, 11) is 3.15. The van der Waals surface area contributed by atoms with Gasteiger partial charge < -0.3 is 9.88 Å². The van der Waals surface area contributed by atoms with Gasteiger partial charge in [0.05, 0.1) is 5.56 Å². The molecule has 2 aromatic rings. The molecule has 2 rings (SSSR count). The van der Waals surface area contributed by atoms with Crippen molar-refractivity contribution in [2.24, 2.45) is 14.1 Å². The summed E-state index contributed by atoms with van der Waals surface area (Å²) in [6, 6.07) is 6.15. The zero-order valence-electron chi connectivity index (χ0n) is 12.9. The van der Waals surface area contributed by atoms with Crippen LogP contribution >= 0.6 is 0 Å². The number of rotatable bonds is 4. The van der Waals surface area contributed by atoms with Gasteiger partial charge >= 0.3 is 5.69 Å². The second-order valence-corrected chi connectivity index (χ2v) is 5.23. The molecule has 0 aliphatic carbocycles. The highest BCUT2D eigenvalue weighted by molar-refractivity contribution is 5.57. The fraction of sp³-hybridized carbons (Fsp3) is 0.375. The van der Waals surface area contributed by atoms with Crippen LogP contribution in [0.3, 0.4) is 0 Å². The molecule has 0 amide bonds. The quantitative estimate of drug-likeness (QED) is 0.928. The van der Waals surface area contributed by atoms with Gasteiger partial charge in [-0.05, 0) is 24.5 Å². The van der Waals surface area contributed by atoms with Crippen molar-refractivity contribution in [1.82, 2.24) is 9.13 Å². The van der Waals surface area contributed by atoms with Crippen LogP contribution in [0.25, 0.3) is 0 Å². The number of aromatic nitrogens is 2. The number of hydrogen-bond acceptors (Lipinski definition) is 3. The number of hydrogen-bond donors (Lipinski definition) is 1. The first kappa shape index (κ1) is 15.1. The van der Waals surface area contributed by atoms with Crippen LogP contribution in [-0.4, -0.2) is 9.13 Å². The molecule has 1 heterocycles. The molecule has 0 aliphatic rings. The van der Waals surface area contributed by atoms with Crippen LogP contribution in [0.4, 0.5) is 5.69 Å². The fourth-order valence-electron chi connectivity index (χ4n) is 2.46. The van der Waals surface area contributed by atoms with E-state index in [0.29, 0.717) is 12.1 Å². The third-order valence-electron chi connectivity index (χ3n) is 3.71. The lowest BCUT2D eigenvalue weighted by atomic mass is 10.1. The Morgan fingerprint density at radius 1 is 1.14 bits per heavy atom. The van der Waals surface area contributed by atoms with Gasteiger partial charge in [-0.3, -0.25) is 9.36 Å². The summed E-state index contributed by atoms with van der Waals surface area (Å²) in [6.45, 7) is 4.55. The number of aryl methyl sites for hydroxylation is 3. The predicted molar refractivity (Wildman–Crippen MR) is 84.8 cm³/mol. The molecule has 5 heteroatoms. The van der Waals surface area contributed by atoms with Crippen molar-refractivity contribution in [2.45, 2.75) is 26.8 Å². The van der Waals surface area contributed by atoms with E-state index in [1.807, 2.05) is 19.1 Å². The lowest BCUT2D eigenvalue weighted by molar-refractivity contribution is 0.671. The van der Waals surface area contributed by atoms with Gasteiger partial charge in [-0.2, -0.15) is 0 Å². The van der Waals surface area contributed by atoms with Crippen molar-refractivity contribution < 1.29 is 0 Å². The van der Waals surface area contributed by atoms with Crippen LogP contribution in [0, 0.1) is 6.92 Å². The molecule has 0 unspecified atom stereocenters. The molecule has 1 aromatic heterocycles. The van der Waals surface area contributed by atoms with Crippen LogP contribution in [0.1, 0.15) is 23.6 Å². The molecule has 0 saturated carbocycles. The maximum absolute atomic E-state index is 12.1. The lowest BCUT2D eigenvalue weighted by Gasteiger charge is -2.14. The van der Waals surface area contributed by atoms with Crippen molar-refractivity contribution >= 4 is 5.69 Å². The first-order valence-electron chi connectivity index (χ1n) is 7.03. The minimum Gasteiger partial charge on any atom is -0.380 e. The topological polar surface area (TPSA) is 56.0 Å². The Kier molecular flexibility index (Phi) is 4.31. The van der Waals surface area contributed by atoms with Gasteiger partial charge in [-0.15, -0.1) is 0 Å². The Labute approximate surface area is 123 Å². The summed E-state index contributed by atoms with van der Waals surface area (Å²) < 4.78 is 2.56. The Morgan fingerprint density at radius 2 is 1.86 bits per heavy atom. The molecular formula is C16H21N3O2. The van der Waals surface area contributed by atoms with Gasteiger partial charge in [-0.1, -0.05) is 25.1 Å². The first-order valence-corrected chi connectivity index (χ1v) is 7.03. The molecule has 0 aliphatic heterocycles. The molecule has 1 aromatic carbocycles. The number of anilines is 1. The van der Waals surface area contributed by atoms with Gasteiger partial charge in [0.25, 0.3) is 5.56 Å². The van der Waals surface area contributed by atoms with Crippen LogP contribution in [0.2, 0.25) is 0 Å². The molecule has 0 spiro atoms. The predicted octanol–water partition coefficient (Wildman–Crippen LogP) is 1.57. The minimum atomic E-state index is -0.311. The molecular weight excluding hydrogens is 266 g/mol. The van der Waals surface area contributed by atoms with E-state index in [2.05, 4.69) is 18.3 Å². The van der Waals surface area contributed by atoms with E-state index >= 15 is 0 Å². The molecule has 0 saturated heterocycles. The Hall–Kier alpha value is -2.30. The Balaban J connectivity index is 2.34. The van der Waals surface area contributed by atoms with Crippen molar-refractivity contribution in [3.05, 3.63) is 61.9 Å². The maximum atomic E-state index is 12.1. The largest absolute Gasteiger partial charge is 0.380 e. The lowest BCUT2D eigenvalue weighted by Crippen LogP contribution is -2.38. The van der Waals surface area contributed by atoms with E-state index in [0.717, 1.165) is 22.2 Å². The number of nitrogens with zero attached hydrogens (tertiary/aromatic N) is 2. The average molecular weight is 287 g/mol. The minimum absolute atomic E-state index is 0.253. The second-order valence-electron chi connectivity index (χ2n) is 5.23. The highest BCUT2D eigenvalue weighted by atomic mass is 16.2. The zero-order valence-corrected chi connectivity index (χ0v) is 12.9. The summed E-state index contributed by atoms with van der Waals surface area (Å²) in [6.07, 6.45) is 2.52. The zero-order chi connectivity index (χ0) is 15.6. The summed E-state index contributed by atoms with van der Waals surface area (Å²) >= 11 is 0. The van der Waals surface area contributed by atoms with E-state index in [4.69, 9.17) is 0 Å². The van der Waals surface area contributed by atoms with Crippen LogP contribution in [0.15, 0.2) is 34.0 Å². The SMILES string of the molecule is CCc1cccc(C)c1NCc1cn(C)c(=O)n(C)c1=O. The molecule has 112 valence electrons. The molecule has 0 fully saturated rings. The van der Waals surface area contributed by atoms with Crippen LogP contribution < -0.4 is 16.6 Å². The van der Waals surface area contributed by atoms with Gasteiger partial charge in [0.1, 0.15) is 0 Å². The standard InChI is InChI=1S/C16H21N3O2/c1-5-12-8-6-7-11(2)14(12)17-9-13-10-18(3)16(21)19(4)15(13)20/h6-8,10,17H,5,9H2,1-4H3. The average Bonchev–Trinajstić information content (AvgIpc) is 2.48. The first-order chi connectivity index (χ1) is 9.95. The van der Waals surface area contributed by atoms with Gasteiger partial charge in [-0.25, -0.2) is 4.79 Å². The molecule has 0 atom stereocenters. The molecule has 21 heavy (non-hydrogen) atoms. The van der Waals surface area contributed by atoms with Crippen molar-refractivity contribution in [1.29, 1.82) is 0 Å². The maximum Gasteiger partial charge on any atom is 0.330 e. The van der Waals surface area contributed by atoms with Gasteiger partial charge in [0.15, 0.2) is 0 Å². The molecule has 0 bridgehead atoms. The van der Waals surface area contributed by atoms with E-state index in [1.54, 1.807) is 13.2 Å². The smallest absolute Gasteiger partial charge is 0.330 e. The highest BCUT2D eigenvalue weighted by Gasteiger charge is 2.08. The van der Waals surface area contributed by atoms with Crippen molar-refractivity contribution in [2.75, 3.05) is 5.32 Å². The van der Waals surface area contributed by atoms with Gasteiger partial charge in [0.2, 0.25) is 0 Å². The molecule has 5 nitrogen and oxygen atoms in total. The van der Waals surface area contributed by atoms with Crippen molar-refractivity contribution in [3.63, 3.8) is 0 Å². The summed E-state index contributed by atoms with van der Waals surface area (Å²) in [5, 5.41) is 3.33. The molecule has 0 radical (unpaired) electrons. The van der Waals surface area contributed by atoms with Crippen LogP contribution in [-0.2, 0) is 27.1 Å².